The van der Waals surface area contributed by atoms with Gasteiger partial charge in [0, 0.05) is 11.8 Å². The number of carbonyl (C=O) groups is 2. The maximum atomic E-state index is 13.0. The Hall–Kier alpha value is -2.68. The van der Waals surface area contributed by atoms with Crippen LogP contribution in [0.4, 0.5) is 4.39 Å². The average Bonchev–Trinajstić information content (AvgIpc) is 3.06. The Morgan fingerprint density at radius 2 is 1.96 bits per heavy atom. The van der Waals surface area contributed by atoms with E-state index in [-0.39, 0.29) is 11.4 Å². The summed E-state index contributed by atoms with van der Waals surface area (Å²) < 4.78 is 14.0. The highest BCUT2D eigenvalue weighted by molar-refractivity contribution is 7.99. The van der Waals surface area contributed by atoms with Crippen LogP contribution in [0.3, 0.4) is 0 Å². The van der Waals surface area contributed by atoms with Crippen LogP contribution in [-0.2, 0) is 4.79 Å². The van der Waals surface area contributed by atoms with Gasteiger partial charge in [-0.2, -0.15) is 21.5 Å². The van der Waals surface area contributed by atoms with Gasteiger partial charge in [-0.15, -0.1) is 0 Å². The van der Waals surface area contributed by atoms with E-state index in [0.717, 1.165) is 10.7 Å². The van der Waals surface area contributed by atoms with E-state index in [1.54, 1.807) is 0 Å². The van der Waals surface area contributed by atoms with E-state index in [4.69, 9.17) is 0 Å². The Labute approximate surface area is 145 Å². The molecule has 1 fully saturated rings. The molecule has 1 atom stereocenters. The lowest BCUT2D eigenvalue weighted by Gasteiger charge is -2.24. The Morgan fingerprint density at radius 3 is 2.56 bits per heavy atom. The van der Waals surface area contributed by atoms with Crippen molar-refractivity contribution in [1.82, 2.24) is 15.1 Å². The number of aromatic nitrogens is 2. The zero-order chi connectivity index (χ0) is 18.0. The predicted octanol–water partition coefficient (Wildman–Crippen LogP) is 1.06. The van der Waals surface area contributed by atoms with Crippen molar-refractivity contribution in [2.75, 3.05) is 11.5 Å². The molecule has 1 aliphatic heterocycles. The summed E-state index contributed by atoms with van der Waals surface area (Å²) in [4.78, 5) is 35.9. The quantitative estimate of drug-likeness (QED) is 0.842. The van der Waals surface area contributed by atoms with Gasteiger partial charge in [-0.05, 0) is 42.5 Å². The van der Waals surface area contributed by atoms with Crippen LogP contribution in [0.2, 0.25) is 0 Å². The molecular formula is C16H14FN3O4S. The molecule has 2 N–H and O–H groups in total. The zero-order valence-corrected chi connectivity index (χ0v) is 13.8. The predicted molar refractivity (Wildman–Crippen MR) is 89.6 cm³/mol. The minimum absolute atomic E-state index is 0.0959. The van der Waals surface area contributed by atoms with E-state index in [1.165, 1.54) is 42.1 Å². The monoisotopic (exact) mass is 363 g/mol. The molecule has 1 aromatic carbocycles. The molecule has 1 amide bonds. The number of aliphatic carboxylic acids is 1. The second-order valence-corrected chi connectivity index (χ2v) is 6.69. The van der Waals surface area contributed by atoms with E-state index in [2.05, 4.69) is 10.4 Å². The highest BCUT2D eigenvalue weighted by atomic mass is 32.2. The lowest BCUT2D eigenvalue weighted by Crippen LogP contribution is -2.55. The topological polar surface area (TPSA) is 101 Å². The van der Waals surface area contributed by atoms with E-state index in [9.17, 15) is 23.9 Å². The van der Waals surface area contributed by atoms with Crippen LogP contribution in [0, 0.1) is 5.82 Å². The molecule has 2 aromatic rings. The van der Waals surface area contributed by atoms with E-state index in [1.807, 2.05) is 0 Å². The summed E-state index contributed by atoms with van der Waals surface area (Å²) in [5.74, 6) is -1.34. The number of hydrogen-bond donors (Lipinski definition) is 2. The highest BCUT2D eigenvalue weighted by Crippen LogP contribution is 2.28. The van der Waals surface area contributed by atoms with Gasteiger partial charge in [0.1, 0.15) is 17.1 Å². The number of nitrogens with zero attached hydrogens (tertiary/aromatic N) is 2. The number of benzene rings is 1. The van der Waals surface area contributed by atoms with Crippen LogP contribution < -0.4 is 10.9 Å². The van der Waals surface area contributed by atoms with Crippen LogP contribution in [0.15, 0.2) is 41.2 Å². The third-order valence-electron chi connectivity index (χ3n) is 3.89. The van der Waals surface area contributed by atoms with Crippen molar-refractivity contribution in [3.63, 3.8) is 0 Å². The first-order valence-corrected chi connectivity index (χ1v) is 8.57. The van der Waals surface area contributed by atoms with Crippen LogP contribution in [0.25, 0.3) is 5.69 Å². The van der Waals surface area contributed by atoms with E-state index >= 15 is 0 Å². The van der Waals surface area contributed by atoms with Crippen molar-refractivity contribution in [2.45, 2.75) is 12.0 Å². The molecule has 0 spiro atoms. The number of carboxylic acid groups (broad SMARTS) is 1. The molecule has 1 unspecified atom stereocenters. The largest absolute Gasteiger partial charge is 0.479 e. The molecule has 9 heteroatoms. The van der Waals surface area contributed by atoms with Crippen molar-refractivity contribution in [3.8, 4) is 5.69 Å². The van der Waals surface area contributed by atoms with Gasteiger partial charge in [-0.25, -0.2) is 9.18 Å². The molecule has 3 rings (SSSR count). The Kier molecular flexibility index (Phi) is 4.58. The van der Waals surface area contributed by atoms with E-state index in [0.29, 0.717) is 17.9 Å². The fourth-order valence-electron chi connectivity index (χ4n) is 2.47. The number of halogens is 1. The smallest absolute Gasteiger partial charge is 0.330 e. The summed E-state index contributed by atoms with van der Waals surface area (Å²) in [6.07, 6.45) is 0.316. The van der Waals surface area contributed by atoms with Crippen LogP contribution >= 0.6 is 11.8 Å². The van der Waals surface area contributed by atoms with Gasteiger partial charge < -0.3 is 10.4 Å². The summed E-state index contributed by atoms with van der Waals surface area (Å²) >= 11 is 1.44. The second kappa shape index (κ2) is 6.67. The molecule has 1 saturated heterocycles. The third-order valence-corrected chi connectivity index (χ3v) is 5.08. The van der Waals surface area contributed by atoms with Crippen LogP contribution in [0.1, 0.15) is 16.9 Å². The number of hydrogen-bond acceptors (Lipinski definition) is 5. The summed E-state index contributed by atoms with van der Waals surface area (Å²) in [6.45, 7) is 0. The lowest BCUT2D eigenvalue weighted by atomic mass is 9.99. The molecule has 0 radical (unpaired) electrons. The molecule has 0 bridgehead atoms. The molecule has 7 nitrogen and oxygen atoms in total. The maximum absolute atomic E-state index is 13.0. The van der Waals surface area contributed by atoms with Gasteiger partial charge in [0.25, 0.3) is 11.5 Å². The Bertz CT molecular complexity index is 876. The molecule has 0 saturated carbocycles. The first-order chi connectivity index (χ1) is 11.9. The number of rotatable bonds is 4. The maximum Gasteiger partial charge on any atom is 0.330 e. The van der Waals surface area contributed by atoms with Gasteiger partial charge in [0.05, 0.1) is 5.69 Å². The summed E-state index contributed by atoms with van der Waals surface area (Å²) in [5, 5.41) is 15.9. The van der Waals surface area contributed by atoms with Gasteiger partial charge in [-0.3, -0.25) is 9.59 Å². The highest BCUT2D eigenvalue weighted by Gasteiger charge is 2.43. The molecule has 1 aliphatic rings. The summed E-state index contributed by atoms with van der Waals surface area (Å²) in [7, 11) is 0. The number of thioether (sulfide) groups is 1. The molecule has 25 heavy (non-hydrogen) atoms. The minimum Gasteiger partial charge on any atom is -0.479 e. The van der Waals surface area contributed by atoms with Gasteiger partial charge in [0.15, 0.2) is 0 Å². The van der Waals surface area contributed by atoms with Gasteiger partial charge in [0.2, 0.25) is 0 Å². The first-order valence-electron chi connectivity index (χ1n) is 7.41. The normalized spacial score (nSPS) is 19.6. The van der Waals surface area contributed by atoms with Gasteiger partial charge >= 0.3 is 5.97 Å². The van der Waals surface area contributed by atoms with Crippen LogP contribution in [-0.4, -0.2) is 43.8 Å². The van der Waals surface area contributed by atoms with Crippen LogP contribution in [0.5, 0.6) is 0 Å². The number of carboxylic acids is 1. The first kappa shape index (κ1) is 17.2. The fourth-order valence-corrected chi connectivity index (χ4v) is 3.79. The van der Waals surface area contributed by atoms with Crippen molar-refractivity contribution >= 4 is 23.6 Å². The number of amides is 1. The minimum atomic E-state index is -1.33. The second-order valence-electron chi connectivity index (χ2n) is 5.59. The standard InChI is InChI=1S/C16H14FN3O4S/c17-10-1-3-11(4-2-10)20-13(21)6-5-12(19-20)14(22)18-16(15(23)24)7-8-25-9-16/h1-6H,7-9H2,(H,18,22)(H,23,24). The third kappa shape index (κ3) is 3.41. The van der Waals surface area contributed by atoms with Gasteiger partial charge in [-0.1, -0.05) is 0 Å². The molecule has 1 aromatic heterocycles. The summed E-state index contributed by atoms with van der Waals surface area (Å²) in [6, 6.07) is 7.45. The molecule has 2 heterocycles. The SMILES string of the molecule is O=C(NC1(C(=O)O)CCSC1)c1ccc(=O)n(-c2ccc(F)cc2)n1. The van der Waals surface area contributed by atoms with Crippen molar-refractivity contribution in [1.29, 1.82) is 0 Å². The molecule has 130 valence electrons. The van der Waals surface area contributed by atoms with Crippen molar-refractivity contribution < 1.29 is 19.1 Å². The van der Waals surface area contributed by atoms with Crippen molar-refractivity contribution in [2.24, 2.45) is 0 Å². The number of carbonyl (C=O) groups excluding carboxylic acids is 1. The fraction of sp³-hybridized carbons (Fsp3) is 0.250. The molecular weight excluding hydrogens is 349 g/mol. The van der Waals surface area contributed by atoms with Crippen molar-refractivity contribution in [3.05, 3.63) is 58.3 Å². The summed E-state index contributed by atoms with van der Waals surface area (Å²) in [5.41, 5.74) is -1.63. The Balaban J connectivity index is 1.91. The zero-order valence-electron chi connectivity index (χ0n) is 12.9. The average molecular weight is 363 g/mol. The lowest BCUT2D eigenvalue weighted by molar-refractivity contribution is -0.143. The number of nitrogens with one attached hydrogen (secondary N) is 1. The van der Waals surface area contributed by atoms with E-state index < -0.39 is 28.8 Å². The molecule has 0 aliphatic carbocycles. The Morgan fingerprint density at radius 1 is 1.24 bits per heavy atom.